The number of nitrogens with two attached hydrogens (primary N) is 1. The number of primary sulfonamides is 1. The van der Waals surface area contributed by atoms with Crippen LogP contribution >= 0.6 is 11.6 Å². The summed E-state index contributed by atoms with van der Waals surface area (Å²) in [4.78, 5) is 0. The molecule has 2 aromatic heterocycles. The first-order chi connectivity index (χ1) is 13.7. The van der Waals surface area contributed by atoms with Gasteiger partial charge in [-0.1, -0.05) is 17.7 Å². The van der Waals surface area contributed by atoms with Crippen LogP contribution in [0.15, 0.2) is 64.0 Å². The molecule has 0 amide bonds. The van der Waals surface area contributed by atoms with E-state index in [0.717, 1.165) is 5.56 Å². The SMILES string of the molecule is Cc1ccc(Cl)cc1-n1c(-c2nnc(-c3ccc(F)cc3)o2)ccc1S(N)(=O)=O. The second-order valence-corrected chi connectivity index (χ2v) is 8.23. The molecule has 0 aliphatic carbocycles. The van der Waals surface area contributed by atoms with Gasteiger partial charge < -0.3 is 4.42 Å². The lowest BCUT2D eigenvalue weighted by Gasteiger charge is -2.13. The first-order valence-corrected chi connectivity index (χ1v) is 10.3. The number of hydrogen-bond donors (Lipinski definition) is 1. The summed E-state index contributed by atoms with van der Waals surface area (Å²) >= 11 is 6.12. The molecule has 0 bridgehead atoms. The second kappa shape index (κ2) is 7.11. The molecule has 0 unspecified atom stereocenters. The highest BCUT2D eigenvalue weighted by atomic mass is 35.5. The zero-order valence-corrected chi connectivity index (χ0v) is 16.6. The van der Waals surface area contributed by atoms with Crippen molar-refractivity contribution in [2.24, 2.45) is 5.14 Å². The standard InChI is InChI=1S/C19H14ClFN4O3S/c1-11-2-5-13(20)10-16(11)25-15(8-9-17(25)29(22,26)27)19-24-23-18(28-19)12-3-6-14(21)7-4-12/h2-10H,1H3,(H2,22,26,27). The number of rotatable bonds is 4. The minimum absolute atomic E-state index is 0.0681. The van der Waals surface area contributed by atoms with E-state index in [-0.39, 0.29) is 16.8 Å². The lowest BCUT2D eigenvalue weighted by atomic mass is 10.2. The van der Waals surface area contributed by atoms with Gasteiger partial charge in [-0.2, -0.15) is 0 Å². The fraction of sp³-hybridized carbons (Fsp3) is 0.0526. The van der Waals surface area contributed by atoms with Crippen LogP contribution in [0.4, 0.5) is 4.39 Å². The van der Waals surface area contributed by atoms with Gasteiger partial charge in [0.1, 0.15) is 11.5 Å². The predicted molar refractivity (Wildman–Crippen MR) is 106 cm³/mol. The molecule has 0 fully saturated rings. The van der Waals surface area contributed by atoms with E-state index in [1.54, 1.807) is 25.1 Å². The molecule has 0 atom stereocenters. The van der Waals surface area contributed by atoms with Crippen LogP contribution in [0.1, 0.15) is 5.56 Å². The molecule has 4 aromatic rings. The van der Waals surface area contributed by atoms with E-state index >= 15 is 0 Å². The average Bonchev–Trinajstić information content (AvgIpc) is 3.31. The maximum Gasteiger partial charge on any atom is 0.265 e. The Labute approximate surface area is 170 Å². The predicted octanol–water partition coefficient (Wildman–Crippen LogP) is 3.94. The van der Waals surface area contributed by atoms with Crippen molar-refractivity contribution in [3.05, 3.63) is 71.0 Å². The highest BCUT2D eigenvalue weighted by Crippen LogP contribution is 2.32. The molecule has 10 heteroatoms. The molecule has 2 aromatic carbocycles. The van der Waals surface area contributed by atoms with Crippen LogP contribution in [0.25, 0.3) is 28.7 Å². The summed E-state index contributed by atoms with van der Waals surface area (Å²) in [7, 11) is -4.06. The summed E-state index contributed by atoms with van der Waals surface area (Å²) in [6.07, 6.45) is 0. The van der Waals surface area contributed by atoms with E-state index in [2.05, 4.69) is 10.2 Å². The van der Waals surface area contributed by atoms with Gasteiger partial charge >= 0.3 is 0 Å². The van der Waals surface area contributed by atoms with E-state index in [9.17, 15) is 12.8 Å². The van der Waals surface area contributed by atoms with Gasteiger partial charge in [0.25, 0.3) is 15.9 Å². The minimum atomic E-state index is -4.06. The molecule has 148 valence electrons. The summed E-state index contributed by atoms with van der Waals surface area (Å²) < 4.78 is 44.6. The minimum Gasteiger partial charge on any atom is -0.415 e. The van der Waals surface area contributed by atoms with Gasteiger partial charge in [0.05, 0.1) is 5.69 Å². The highest BCUT2D eigenvalue weighted by Gasteiger charge is 2.24. The molecule has 2 heterocycles. The zero-order chi connectivity index (χ0) is 20.8. The largest absolute Gasteiger partial charge is 0.415 e. The van der Waals surface area contributed by atoms with E-state index in [1.807, 2.05) is 0 Å². The van der Waals surface area contributed by atoms with Crippen LogP contribution in [0.3, 0.4) is 0 Å². The Kier molecular flexibility index (Phi) is 4.73. The average molecular weight is 433 g/mol. The smallest absolute Gasteiger partial charge is 0.265 e. The molecule has 0 saturated carbocycles. The molecule has 0 aliphatic rings. The molecule has 0 aliphatic heterocycles. The van der Waals surface area contributed by atoms with Crippen molar-refractivity contribution in [2.45, 2.75) is 11.9 Å². The molecule has 29 heavy (non-hydrogen) atoms. The first-order valence-electron chi connectivity index (χ1n) is 8.35. The van der Waals surface area contributed by atoms with Crippen molar-refractivity contribution < 1.29 is 17.2 Å². The third-order valence-electron chi connectivity index (χ3n) is 4.28. The molecule has 2 N–H and O–H groups in total. The summed E-state index contributed by atoms with van der Waals surface area (Å²) in [6, 6.07) is 13.5. The van der Waals surface area contributed by atoms with Crippen molar-refractivity contribution in [1.29, 1.82) is 0 Å². The van der Waals surface area contributed by atoms with Gasteiger partial charge in [0, 0.05) is 10.6 Å². The van der Waals surface area contributed by atoms with Crippen LogP contribution in [-0.2, 0) is 10.0 Å². The first kappa shape index (κ1) is 19.3. The summed E-state index contributed by atoms with van der Waals surface area (Å²) in [5.74, 6) is -0.164. The van der Waals surface area contributed by atoms with Crippen LogP contribution < -0.4 is 5.14 Å². The normalized spacial score (nSPS) is 11.7. The Hall–Kier alpha value is -3.01. The van der Waals surface area contributed by atoms with E-state index in [4.69, 9.17) is 21.2 Å². The number of hydrogen-bond acceptors (Lipinski definition) is 5. The van der Waals surface area contributed by atoms with Crippen LogP contribution in [0.5, 0.6) is 0 Å². The molecule has 0 radical (unpaired) electrons. The van der Waals surface area contributed by atoms with Gasteiger partial charge in [-0.3, -0.25) is 4.57 Å². The third-order valence-corrected chi connectivity index (χ3v) is 5.42. The van der Waals surface area contributed by atoms with Crippen molar-refractivity contribution in [3.8, 4) is 28.7 Å². The van der Waals surface area contributed by atoms with Crippen molar-refractivity contribution in [3.63, 3.8) is 0 Å². The second-order valence-electron chi connectivity index (χ2n) is 6.29. The number of sulfonamides is 1. The van der Waals surface area contributed by atoms with E-state index in [0.29, 0.717) is 22.0 Å². The summed E-state index contributed by atoms with van der Waals surface area (Å²) in [5, 5.41) is 13.7. The third kappa shape index (κ3) is 3.67. The Bertz CT molecular complexity index is 1310. The van der Waals surface area contributed by atoms with Crippen molar-refractivity contribution >= 4 is 21.6 Å². The van der Waals surface area contributed by atoms with E-state index < -0.39 is 15.8 Å². The Morgan fingerprint density at radius 2 is 1.72 bits per heavy atom. The maximum absolute atomic E-state index is 13.1. The molecular weight excluding hydrogens is 419 g/mol. The quantitative estimate of drug-likeness (QED) is 0.526. The lowest BCUT2D eigenvalue weighted by molar-refractivity contribution is 0.576. The van der Waals surface area contributed by atoms with Crippen LogP contribution in [0, 0.1) is 12.7 Å². The Balaban J connectivity index is 1.91. The lowest BCUT2D eigenvalue weighted by Crippen LogP contribution is -2.17. The molecule has 0 spiro atoms. The summed E-state index contributed by atoms with van der Waals surface area (Å²) in [5.41, 5.74) is 2.10. The molecule has 0 saturated heterocycles. The van der Waals surface area contributed by atoms with Crippen molar-refractivity contribution in [1.82, 2.24) is 14.8 Å². The fourth-order valence-corrected chi connectivity index (χ4v) is 3.79. The Morgan fingerprint density at radius 1 is 1.03 bits per heavy atom. The van der Waals surface area contributed by atoms with Gasteiger partial charge in [-0.25, -0.2) is 17.9 Å². The number of aromatic nitrogens is 3. The number of halogens is 2. The zero-order valence-electron chi connectivity index (χ0n) is 15.0. The monoisotopic (exact) mass is 432 g/mol. The Morgan fingerprint density at radius 3 is 2.41 bits per heavy atom. The highest BCUT2D eigenvalue weighted by molar-refractivity contribution is 7.89. The van der Waals surface area contributed by atoms with E-state index in [1.165, 1.54) is 41.0 Å². The fourth-order valence-electron chi connectivity index (χ4n) is 2.91. The summed E-state index contributed by atoms with van der Waals surface area (Å²) in [6.45, 7) is 1.81. The van der Waals surface area contributed by atoms with Crippen LogP contribution in [-0.4, -0.2) is 23.2 Å². The molecule has 4 rings (SSSR count). The van der Waals surface area contributed by atoms with Gasteiger partial charge in [0.2, 0.25) is 5.89 Å². The van der Waals surface area contributed by atoms with Gasteiger partial charge in [-0.05, 0) is 61.0 Å². The van der Waals surface area contributed by atoms with Crippen LogP contribution in [0.2, 0.25) is 5.02 Å². The maximum atomic E-state index is 13.1. The van der Waals surface area contributed by atoms with Gasteiger partial charge in [0.15, 0.2) is 5.03 Å². The number of nitrogens with zero attached hydrogens (tertiary/aromatic N) is 3. The molecule has 7 nitrogen and oxygen atoms in total. The van der Waals surface area contributed by atoms with Crippen molar-refractivity contribution in [2.75, 3.05) is 0 Å². The number of benzene rings is 2. The topological polar surface area (TPSA) is 104 Å². The van der Waals surface area contributed by atoms with Gasteiger partial charge in [-0.15, -0.1) is 10.2 Å². The molecular formula is C19H14ClFN4O3S. The number of aryl methyl sites for hydroxylation is 1.